The highest BCUT2D eigenvalue weighted by Crippen LogP contribution is 2.29. The molecule has 24 heavy (non-hydrogen) atoms. The Labute approximate surface area is 137 Å². The number of hydrogen-bond donors (Lipinski definition) is 0. The molecular formula is C18H15FN4O. The Morgan fingerprint density at radius 1 is 0.958 bits per heavy atom. The van der Waals surface area contributed by atoms with Crippen LogP contribution in [0.25, 0.3) is 28.1 Å². The second-order valence-electron chi connectivity index (χ2n) is 5.58. The van der Waals surface area contributed by atoms with E-state index in [9.17, 15) is 4.39 Å². The van der Waals surface area contributed by atoms with Crippen LogP contribution in [0.1, 0.15) is 11.4 Å². The van der Waals surface area contributed by atoms with Gasteiger partial charge in [-0.3, -0.25) is 4.40 Å². The molecule has 1 aromatic carbocycles. The largest absolute Gasteiger partial charge is 0.481 e. The molecule has 3 heterocycles. The Morgan fingerprint density at radius 2 is 1.71 bits per heavy atom. The SMILES string of the molecule is COc1ccc2nc(C)c3c(C)nc(-c4ccccc4F)n3c2n1. The van der Waals surface area contributed by atoms with E-state index in [2.05, 4.69) is 15.0 Å². The van der Waals surface area contributed by atoms with Crippen molar-refractivity contribution in [1.29, 1.82) is 0 Å². The number of hydrogen-bond acceptors (Lipinski definition) is 4. The molecule has 0 radical (unpaired) electrons. The van der Waals surface area contributed by atoms with Crippen molar-refractivity contribution < 1.29 is 9.13 Å². The first-order chi connectivity index (χ1) is 11.6. The van der Waals surface area contributed by atoms with Crippen LogP contribution in [-0.4, -0.2) is 26.5 Å². The molecule has 0 bridgehead atoms. The number of rotatable bonds is 2. The number of pyridine rings is 1. The molecule has 0 saturated heterocycles. The van der Waals surface area contributed by atoms with E-state index >= 15 is 0 Å². The third kappa shape index (κ3) is 2.03. The Morgan fingerprint density at radius 3 is 2.46 bits per heavy atom. The molecule has 4 aromatic rings. The minimum absolute atomic E-state index is 0.324. The lowest BCUT2D eigenvalue weighted by Crippen LogP contribution is -2.01. The Kier molecular flexibility index (Phi) is 3.19. The van der Waals surface area contributed by atoms with Crippen LogP contribution in [0.2, 0.25) is 0 Å². The number of methoxy groups -OCH3 is 1. The summed E-state index contributed by atoms with van der Waals surface area (Å²) in [7, 11) is 1.56. The minimum atomic E-state index is -0.324. The number of ether oxygens (including phenoxy) is 1. The maximum Gasteiger partial charge on any atom is 0.215 e. The third-order valence-electron chi connectivity index (χ3n) is 4.05. The lowest BCUT2D eigenvalue weighted by atomic mass is 10.2. The maximum absolute atomic E-state index is 14.3. The number of halogens is 1. The summed E-state index contributed by atoms with van der Waals surface area (Å²) in [6, 6.07) is 10.2. The van der Waals surface area contributed by atoms with Crippen molar-refractivity contribution in [2.75, 3.05) is 7.11 Å². The zero-order chi connectivity index (χ0) is 16.8. The van der Waals surface area contributed by atoms with Gasteiger partial charge in [0.15, 0.2) is 5.65 Å². The van der Waals surface area contributed by atoms with E-state index < -0.39 is 0 Å². The molecule has 0 unspecified atom stereocenters. The van der Waals surface area contributed by atoms with Gasteiger partial charge < -0.3 is 4.74 Å². The molecule has 0 spiro atoms. The van der Waals surface area contributed by atoms with E-state index in [0.29, 0.717) is 28.4 Å². The summed E-state index contributed by atoms with van der Waals surface area (Å²) in [4.78, 5) is 13.7. The van der Waals surface area contributed by atoms with Crippen LogP contribution in [0, 0.1) is 19.7 Å². The van der Waals surface area contributed by atoms with Crippen LogP contribution in [0.15, 0.2) is 36.4 Å². The van der Waals surface area contributed by atoms with E-state index in [0.717, 1.165) is 16.9 Å². The summed E-state index contributed by atoms with van der Waals surface area (Å²) in [5, 5.41) is 0. The van der Waals surface area contributed by atoms with Crippen LogP contribution < -0.4 is 4.74 Å². The zero-order valence-electron chi connectivity index (χ0n) is 13.5. The molecule has 0 aliphatic heterocycles. The highest BCUT2D eigenvalue weighted by atomic mass is 19.1. The van der Waals surface area contributed by atoms with E-state index in [1.54, 1.807) is 31.4 Å². The van der Waals surface area contributed by atoms with Crippen LogP contribution in [0.5, 0.6) is 5.88 Å². The van der Waals surface area contributed by atoms with Crippen LogP contribution in [0.4, 0.5) is 4.39 Å². The first-order valence-electron chi connectivity index (χ1n) is 7.55. The van der Waals surface area contributed by atoms with Crippen molar-refractivity contribution in [3.05, 3.63) is 53.6 Å². The van der Waals surface area contributed by atoms with Crippen molar-refractivity contribution in [3.8, 4) is 17.3 Å². The molecular weight excluding hydrogens is 307 g/mol. The van der Waals surface area contributed by atoms with E-state index in [1.807, 2.05) is 24.3 Å². The number of nitrogens with zero attached hydrogens (tertiary/aromatic N) is 4. The number of aromatic nitrogens is 4. The number of aryl methyl sites for hydroxylation is 2. The molecule has 6 heteroatoms. The maximum atomic E-state index is 14.3. The van der Waals surface area contributed by atoms with Gasteiger partial charge in [0.25, 0.3) is 0 Å². The summed E-state index contributed by atoms with van der Waals surface area (Å²) in [6.07, 6.45) is 0. The predicted octanol–water partition coefficient (Wildman–Crippen LogP) is 3.71. The summed E-state index contributed by atoms with van der Waals surface area (Å²) in [5.74, 6) is 0.659. The van der Waals surface area contributed by atoms with Gasteiger partial charge in [-0.15, -0.1) is 0 Å². The second kappa shape index (κ2) is 5.26. The summed E-state index contributed by atoms with van der Waals surface area (Å²) < 4.78 is 21.4. The summed E-state index contributed by atoms with van der Waals surface area (Å²) in [6.45, 7) is 3.80. The fourth-order valence-electron chi connectivity index (χ4n) is 3.01. The Bertz CT molecular complexity index is 1090. The average molecular weight is 322 g/mol. The highest BCUT2D eigenvalue weighted by molar-refractivity contribution is 5.81. The normalized spacial score (nSPS) is 11.3. The zero-order valence-corrected chi connectivity index (χ0v) is 13.5. The number of benzene rings is 1. The van der Waals surface area contributed by atoms with Crippen molar-refractivity contribution in [2.24, 2.45) is 0 Å². The lowest BCUT2D eigenvalue weighted by Gasteiger charge is -2.09. The van der Waals surface area contributed by atoms with Gasteiger partial charge in [-0.05, 0) is 32.0 Å². The van der Waals surface area contributed by atoms with Crippen molar-refractivity contribution in [3.63, 3.8) is 0 Å². The predicted molar refractivity (Wildman–Crippen MR) is 89.7 cm³/mol. The first kappa shape index (κ1) is 14.6. The van der Waals surface area contributed by atoms with Crippen molar-refractivity contribution in [2.45, 2.75) is 13.8 Å². The molecule has 120 valence electrons. The highest BCUT2D eigenvalue weighted by Gasteiger charge is 2.19. The van der Waals surface area contributed by atoms with Crippen LogP contribution in [-0.2, 0) is 0 Å². The molecule has 0 fully saturated rings. The first-order valence-corrected chi connectivity index (χ1v) is 7.55. The molecule has 0 aliphatic carbocycles. The fourth-order valence-corrected chi connectivity index (χ4v) is 3.01. The van der Waals surface area contributed by atoms with Crippen LogP contribution in [0.3, 0.4) is 0 Å². The lowest BCUT2D eigenvalue weighted by molar-refractivity contribution is 0.399. The van der Waals surface area contributed by atoms with E-state index in [1.165, 1.54) is 6.07 Å². The standard InChI is InChI=1S/C18H15FN4O/c1-10-16-11(2)21-17(12-6-4-5-7-13(12)19)23(16)18-14(20-10)8-9-15(22-18)24-3/h4-9H,1-3H3. The molecule has 4 rings (SSSR count). The third-order valence-corrected chi connectivity index (χ3v) is 4.05. The molecule has 0 aliphatic rings. The van der Waals surface area contributed by atoms with Gasteiger partial charge in [-0.1, -0.05) is 12.1 Å². The van der Waals surface area contributed by atoms with E-state index in [4.69, 9.17) is 4.74 Å². The van der Waals surface area contributed by atoms with Gasteiger partial charge in [-0.25, -0.2) is 14.4 Å². The van der Waals surface area contributed by atoms with Gasteiger partial charge in [0.2, 0.25) is 5.88 Å². The summed E-state index contributed by atoms with van der Waals surface area (Å²) >= 11 is 0. The van der Waals surface area contributed by atoms with Crippen molar-refractivity contribution in [1.82, 2.24) is 19.4 Å². The molecule has 0 N–H and O–H groups in total. The fraction of sp³-hybridized carbons (Fsp3) is 0.167. The average Bonchev–Trinajstić information content (AvgIpc) is 2.93. The minimum Gasteiger partial charge on any atom is -0.481 e. The number of fused-ring (bicyclic) bond motifs is 3. The topological polar surface area (TPSA) is 52.3 Å². The summed E-state index contributed by atoms with van der Waals surface area (Å²) in [5.41, 5.74) is 4.16. The molecule has 0 atom stereocenters. The van der Waals surface area contributed by atoms with E-state index in [-0.39, 0.29) is 5.82 Å². The quantitative estimate of drug-likeness (QED) is 0.564. The monoisotopic (exact) mass is 322 g/mol. The van der Waals surface area contributed by atoms with Gasteiger partial charge in [0.1, 0.15) is 17.2 Å². The molecule has 5 nitrogen and oxygen atoms in total. The van der Waals surface area contributed by atoms with Crippen LogP contribution >= 0.6 is 0 Å². The second-order valence-corrected chi connectivity index (χ2v) is 5.58. The molecule has 3 aromatic heterocycles. The Balaban J connectivity index is 2.21. The van der Waals surface area contributed by atoms with Gasteiger partial charge in [-0.2, -0.15) is 4.98 Å². The number of imidazole rings is 1. The molecule has 0 amide bonds. The van der Waals surface area contributed by atoms with Gasteiger partial charge in [0, 0.05) is 6.07 Å². The van der Waals surface area contributed by atoms with Crippen molar-refractivity contribution >= 4 is 16.7 Å². The molecule has 0 saturated carbocycles. The van der Waals surface area contributed by atoms with Gasteiger partial charge >= 0.3 is 0 Å². The van der Waals surface area contributed by atoms with Gasteiger partial charge in [0.05, 0.1) is 29.6 Å². The smallest absolute Gasteiger partial charge is 0.215 e. The Hall–Kier alpha value is -3.02.